The van der Waals surface area contributed by atoms with Crippen LogP contribution in [0.4, 0.5) is 0 Å². The third kappa shape index (κ3) is 5.36. The molecule has 0 spiro atoms. The standard InChI is InChI=1S/C19H30O3/c1-4-5-6-7-8-9-16-17(13-20)19(22)15(12-18(16)21)11-10-14(2)3/h12-14,21-22H,4-11H2,1-3H3. The smallest absolute Gasteiger partial charge is 0.154 e. The molecular formula is C19H30O3. The average molecular weight is 306 g/mol. The fraction of sp³-hybridized carbons (Fsp3) is 0.632. The molecule has 0 fully saturated rings. The maximum atomic E-state index is 11.4. The van der Waals surface area contributed by atoms with Gasteiger partial charge in [-0.05, 0) is 43.2 Å². The lowest BCUT2D eigenvalue weighted by Crippen LogP contribution is -2.00. The maximum Gasteiger partial charge on any atom is 0.154 e. The molecule has 0 aliphatic rings. The zero-order valence-electron chi connectivity index (χ0n) is 14.2. The van der Waals surface area contributed by atoms with Crippen molar-refractivity contribution in [3.05, 3.63) is 22.8 Å². The first-order chi connectivity index (χ1) is 10.5. The molecule has 3 heteroatoms. The Morgan fingerprint density at radius 3 is 2.36 bits per heavy atom. The summed E-state index contributed by atoms with van der Waals surface area (Å²) in [6, 6.07) is 1.63. The number of benzene rings is 1. The van der Waals surface area contributed by atoms with E-state index in [0.29, 0.717) is 36.2 Å². The third-order valence-electron chi connectivity index (χ3n) is 4.14. The lowest BCUT2D eigenvalue weighted by Gasteiger charge is -2.14. The van der Waals surface area contributed by atoms with Gasteiger partial charge in [0, 0.05) is 5.56 Å². The summed E-state index contributed by atoms with van der Waals surface area (Å²) in [5, 5.41) is 20.5. The number of carbonyl (C=O) groups excluding carboxylic acids is 1. The van der Waals surface area contributed by atoms with Crippen molar-refractivity contribution in [2.75, 3.05) is 0 Å². The first kappa shape index (κ1) is 18.5. The minimum absolute atomic E-state index is 0.0528. The van der Waals surface area contributed by atoms with E-state index in [1.807, 2.05) is 0 Å². The van der Waals surface area contributed by atoms with Gasteiger partial charge >= 0.3 is 0 Å². The van der Waals surface area contributed by atoms with Crippen LogP contribution >= 0.6 is 0 Å². The van der Waals surface area contributed by atoms with Crippen molar-refractivity contribution in [2.24, 2.45) is 5.92 Å². The van der Waals surface area contributed by atoms with E-state index in [4.69, 9.17) is 0 Å². The minimum atomic E-state index is 0.0528. The van der Waals surface area contributed by atoms with Crippen LogP contribution in [0.2, 0.25) is 0 Å². The Morgan fingerprint density at radius 1 is 1.09 bits per heavy atom. The van der Waals surface area contributed by atoms with Gasteiger partial charge in [0.25, 0.3) is 0 Å². The van der Waals surface area contributed by atoms with Crippen molar-refractivity contribution >= 4 is 6.29 Å². The van der Waals surface area contributed by atoms with Crippen LogP contribution in [0, 0.1) is 5.92 Å². The molecule has 3 nitrogen and oxygen atoms in total. The molecular weight excluding hydrogens is 276 g/mol. The zero-order valence-corrected chi connectivity index (χ0v) is 14.2. The number of hydrogen-bond acceptors (Lipinski definition) is 3. The molecule has 0 unspecified atom stereocenters. The molecule has 0 atom stereocenters. The SMILES string of the molecule is CCCCCCCc1c(O)cc(CCC(C)C)c(O)c1C=O. The molecule has 0 amide bonds. The van der Waals surface area contributed by atoms with Gasteiger partial charge in [-0.25, -0.2) is 0 Å². The van der Waals surface area contributed by atoms with Crippen molar-refractivity contribution in [1.82, 2.24) is 0 Å². The van der Waals surface area contributed by atoms with Crippen molar-refractivity contribution in [2.45, 2.75) is 72.1 Å². The van der Waals surface area contributed by atoms with Crippen molar-refractivity contribution < 1.29 is 15.0 Å². The van der Waals surface area contributed by atoms with E-state index >= 15 is 0 Å². The summed E-state index contributed by atoms with van der Waals surface area (Å²) in [4.78, 5) is 11.4. The van der Waals surface area contributed by atoms with E-state index < -0.39 is 0 Å². The fourth-order valence-electron chi connectivity index (χ4n) is 2.70. The molecule has 1 rings (SSSR count). The number of unbranched alkanes of at least 4 members (excludes halogenated alkanes) is 4. The van der Waals surface area contributed by atoms with E-state index in [2.05, 4.69) is 20.8 Å². The highest BCUT2D eigenvalue weighted by atomic mass is 16.3. The summed E-state index contributed by atoms with van der Waals surface area (Å²) < 4.78 is 0. The second-order valence-corrected chi connectivity index (χ2v) is 6.51. The summed E-state index contributed by atoms with van der Waals surface area (Å²) in [6.07, 6.45) is 8.50. The molecule has 0 radical (unpaired) electrons. The second kappa shape index (κ2) is 9.50. The summed E-state index contributed by atoms with van der Waals surface area (Å²) in [7, 11) is 0. The summed E-state index contributed by atoms with van der Waals surface area (Å²) in [5.74, 6) is 0.714. The summed E-state index contributed by atoms with van der Waals surface area (Å²) >= 11 is 0. The molecule has 0 aliphatic heterocycles. The van der Waals surface area contributed by atoms with Crippen LogP contribution in [0.25, 0.3) is 0 Å². The van der Waals surface area contributed by atoms with Gasteiger partial charge < -0.3 is 10.2 Å². The number of rotatable bonds is 10. The number of phenols is 2. The van der Waals surface area contributed by atoms with Crippen molar-refractivity contribution in [3.63, 3.8) is 0 Å². The predicted molar refractivity (Wildman–Crippen MR) is 90.8 cm³/mol. The van der Waals surface area contributed by atoms with Crippen molar-refractivity contribution in [1.29, 1.82) is 0 Å². The zero-order chi connectivity index (χ0) is 16.5. The van der Waals surface area contributed by atoms with Crippen LogP contribution in [0.1, 0.15) is 80.8 Å². The molecule has 22 heavy (non-hydrogen) atoms. The second-order valence-electron chi connectivity index (χ2n) is 6.51. The summed E-state index contributed by atoms with van der Waals surface area (Å²) in [6.45, 7) is 6.40. The molecule has 124 valence electrons. The monoisotopic (exact) mass is 306 g/mol. The highest BCUT2D eigenvalue weighted by Crippen LogP contribution is 2.34. The topological polar surface area (TPSA) is 57.5 Å². The van der Waals surface area contributed by atoms with Gasteiger partial charge in [0.1, 0.15) is 11.5 Å². The first-order valence-electron chi connectivity index (χ1n) is 8.53. The van der Waals surface area contributed by atoms with Gasteiger partial charge in [0.2, 0.25) is 0 Å². The van der Waals surface area contributed by atoms with Crippen LogP contribution in [0.3, 0.4) is 0 Å². The number of aromatic hydroxyl groups is 2. The van der Waals surface area contributed by atoms with E-state index in [0.717, 1.165) is 19.3 Å². The van der Waals surface area contributed by atoms with Crippen LogP contribution in [-0.4, -0.2) is 16.5 Å². The maximum absolute atomic E-state index is 11.4. The van der Waals surface area contributed by atoms with E-state index in [-0.39, 0.29) is 17.1 Å². The molecule has 2 N–H and O–H groups in total. The van der Waals surface area contributed by atoms with Crippen LogP contribution in [0.5, 0.6) is 11.5 Å². The Morgan fingerprint density at radius 2 is 1.77 bits per heavy atom. The Kier molecular flexibility index (Phi) is 8.00. The Bertz CT molecular complexity index is 478. The molecule has 1 aromatic rings. The lowest BCUT2D eigenvalue weighted by molar-refractivity contribution is 0.111. The van der Waals surface area contributed by atoms with Crippen molar-refractivity contribution in [3.8, 4) is 11.5 Å². The molecule has 0 heterocycles. The number of phenolic OH excluding ortho intramolecular Hbond substituents is 2. The van der Waals surface area contributed by atoms with Crippen LogP contribution in [-0.2, 0) is 12.8 Å². The lowest BCUT2D eigenvalue weighted by atomic mass is 9.93. The molecule has 0 saturated heterocycles. The molecule has 1 aromatic carbocycles. The Labute approximate surface area is 134 Å². The van der Waals surface area contributed by atoms with E-state index in [9.17, 15) is 15.0 Å². The fourth-order valence-corrected chi connectivity index (χ4v) is 2.70. The Hall–Kier alpha value is -1.51. The normalized spacial score (nSPS) is 11.1. The van der Waals surface area contributed by atoms with E-state index in [1.165, 1.54) is 19.3 Å². The molecule has 0 aliphatic carbocycles. The number of aryl methyl sites for hydroxylation is 1. The minimum Gasteiger partial charge on any atom is -0.508 e. The number of hydrogen-bond donors (Lipinski definition) is 2. The van der Waals surface area contributed by atoms with Crippen LogP contribution in [0.15, 0.2) is 6.07 Å². The highest BCUT2D eigenvalue weighted by Gasteiger charge is 2.17. The van der Waals surface area contributed by atoms with Crippen LogP contribution < -0.4 is 0 Å². The van der Waals surface area contributed by atoms with Gasteiger partial charge in [0.15, 0.2) is 6.29 Å². The molecule has 0 aromatic heterocycles. The quantitative estimate of drug-likeness (QED) is 0.363. The third-order valence-corrected chi connectivity index (χ3v) is 4.14. The van der Waals surface area contributed by atoms with E-state index in [1.54, 1.807) is 6.07 Å². The van der Waals surface area contributed by atoms with Gasteiger partial charge in [-0.15, -0.1) is 0 Å². The Balaban J connectivity index is 2.84. The molecule has 0 saturated carbocycles. The van der Waals surface area contributed by atoms with Gasteiger partial charge in [-0.3, -0.25) is 4.79 Å². The number of aldehydes is 1. The van der Waals surface area contributed by atoms with Gasteiger partial charge in [-0.2, -0.15) is 0 Å². The summed E-state index contributed by atoms with van der Waals surface area (Å²) in [5.41, 5.74) is 1.54. The van der Waals surface area contributed by atoms with Gasteiger partial charge in [0.05, 0.1) is 5.56 Å². The first-order valence-corrected chi connectivity index (χ1v) is 8.53. The largest absolute Gasteiger partial charge is 0.508 e. The number of carbonyl (C=O) groups is 1. The average Bonchev–Trinajstić information content (AvgIpc) is 2.48. The highest BCUT2D eigenvalue weighted by molar-refractivity contribution is 5.84. The predicted octanol–water partition coefficient (Wildman–Crippen LogP) is 5.01. The molecule has 0 bridgehead atoms. The van der Waals surface area contributed by atoms with Gasteiger partial charge in [-0.1, -0.05) is 46.5 Å².